The van der Waals surface area contributed by atoms with Crippen LogP contribution in [0.15, 0.2) is 30.0 Å². The van der Waals surface area contributed by atoms with Gasteiger partial charge in [0.15, 0.2) is 6.04 Å². The number of carbonyl (C=O) groups is 1. The molecule has 45 heavy (non-hydrogen) atoms. The van der Waals surface area contributed by atoms with E-state index >= 15 is 0 Å². The van der Waals surface area contributed by atoms with Crippen molar-refractivity contribution in [1.82, 2.24) is 4.58 Å². The van der Waals surface area contributed by atoms with E-state index in [1.165, 1.54) is 28.2 Å². The van der Waals surface area contributed by atoms with Gasteiger partial charge in [-0.3, -0.25) is 14.8 Å². The number of alkyl halides is 6. The molecule has 15 heteroatoms. The number of halogens is 6. The number of nitrogens with one attached hydrogen (secondary N) is 2. The van der Waals surface area contributed by atoms with Gasteiger partial charge in [-0.15, -0.1) is 0 Å². The minimum Gasteiger partial charge on any atom is -0.506 e. The second kappa shape index (κ2) is 9.63. The minimum atomic E-state index is -5.96. The normalized spacial score (nSPS) is 23.6. The van der Waals surface area contributed by atoms with Gasteiger partial charge in [0.05, 0.1) is 27.9 Å². The molecular weight excluding hydrogens is 626 g/mol. The molecule has 0 amide bonds. The van der Waals surface area contributed by atoms with Gasteiger partial charge >= 0.3 is 21.8 Å². The van der Waals surface area contributed by atoms with E-state index in [1.54, 1.807) is 23.6 Å². The van der Waals surface area contributed by atoms with E-state index in [-0.39, 0.29) is 22.9 Å². The van der Waals surface area contributed by atoms with Crippen LogP contribution in [0, 0.1) is 0 Å². The van der Waals surface area contributed by atoms with Gasteiger partial charge < -0.3 is 10.0 Å². The van der Waals surface area contributed by atoms with E-state index in [0.717, 1.165) is 6.07 Å². The highest BCUT2D eigenvalue weighted by Crippen LogP contribution is 2.50. The number of aliphatic hydroxyl groups excluding tert-OH is 1. The smallest absolute Gasteiger partial charge is 0.506 e. The fourth-order valence-electron chi connectivity index (χ4n) is 6.49. The summed E-state index contributed by atoms with van der Waals surface area (Å²) in [5.74, 6) is -1.73. The molecule has 1 aliphatic carbocycles. The third-order valence-electron chi connectivity index (χ3n) is 9.96. The first-order valence-corrected chi connectivity index (χ1v) is 15.4. The van der Waals surface area contributed by atoms with Gasteiger partial charge in [0, 0.05) is 46.6 Å². The molecular formula is C30H33F6N4O4S+. The van der Waals surface area contributed by atoms with Gasteiger partial charge in [-0.1, -0.05) is 13.8 Å². The molecule has 0 fully saturated rings. The number of carbonyl (C=O) groups excluding carboxylic acids is 1. The molecule has 244 valence electrons. The predicted octanol–water partition coefficient (Wildman–Crippen LogP) is 4.50. The Morgan fingerprint density at radius 3 is 2.04 bits per heavy atom. The van der Waals surface area contributed by atoms with Crippen LogP contribution in [0.1, 0.15) is 58.2 Å². The van der Waals surface area contributed by atoms with E-state index in [4.69, 9.17) is 0 Å². The number of Topliss-reactive ketones (excluding diaryl/α,β-unsaturated/α-hetero) is 1. The van der Waals surface area contributed by atoms with Crippen LogP contribution in [0.5, 0.6) is 0 Å². The standard InChI is InChI=1S/C30H32F6N4O4S/c1-13-27(3,4)17-9-15(19(37-29(31,32)33)11-21(17)39(13)7)23-25(41)24(26(23)42)16-10-18-22(40(8)14(2)28(18,5)6)12-20(16)38-45(43,44)30(34,35)36/h9-14H,1-8H3,(H2,37,38,41,42)/p+1. The number of hydrogen-bond acceptors (Lipinski definition) is 6. The summed E-state index contributed by atoms with van der Waals surface area (Å²) in [6.45, 7) is 11.2. The molecule has 2 aromatic rings. The van der Waals surface area contributed by atoms with Crippen molar-refractivity contribution in [3.05, 3.63) is 57.3 Å². The van der Waals surface area contributed by atoms with Crippen molar-refractivity contribution in [2.24, 2.45) is 0 Å². The molecule has 2 aromatic carbocycles. The van der Waals surface area contributed by atoms with Crippen LogP contribution < -0.4 is 30.1 Å². The maximum absolute atomic E-state index is 13.8. The number of fused-ring (bicyclic) bond motifs is 2. The number of ketones is 1. The number of rotatable bonds is 4. The summed E-state index contributed by atoms with van der Waals surface area (Å²) in [4.78, 5) is 15.6. The quantitative estimate of drug-likeness (QED) is 0.254. The Bertz CT molecular complexity index is 1950. The van der Waals surface area contributed by atoms with Crippen LogP contribution in [0.3, 0.4) is 0 Å². The number of benzene rings is 2. The monoisotopic (exact) mass is 659 g/mol. The maximum atomic E-state index is 13.8. The van der Waals surface area contributed by atoms with Crippen LogP contribution >= 0.6 is 0 Å². The van der Waals surface area contributed by atoms with Crippen molar-refractivity contribution in [2.75, 3.05) is 29.0 Å². The Morgan fingerprint density at radius 2 is 1.51 bits per heavy atom. The lowest BCUT2D eigenvalue weighted by atomic mass is 9.76. The van der Waals surface area contributed by atoms with E-state index in [0.29, 0.717) is 22.2 Å². The third-order valence-corrected chi connectivity index (χ3v) is 11.1. The van der Waals surface area contributed by atoms with Crippen LogP contribution in [0.2, 0.25) is 0 Å². The van der Waals surface area contributed by atoms with Gasteiger partial charge in [0.25, 0.3) is 0 Å². The third kappa shape index (κ3) is 4.76. The van der Waals surface area contributed by atoms with Crippen molar-refractivity contribution in [2.45, 2.75) is 76.3 Å². The molecule has 8 nitrogen and oxygen atoms in total. The Balaban J connectivity index is 1.82. The van der Waals surface area contributed by atoms with Crippen LogP contribution in [-0.4, -0.2) is 57.3 Å². The summed E-state index contributed by atoms with van der Waals surface area (Å²) in [5.41, 5.74) is -7.73. The van der Waals surface area contributed by atoms with E-state index in [1.807, 2.05) is 41.5 Å². The minimum absolute atomic E-state index is 0.136. The molecule has 0 bridgehead atoms. The first-order chi connectivity index (χ1) is 20.3. The summed E-state index contributed by atoms with van der Waals surface area (Å²) >= 11 is 0. The fraction of sp³-hybridized carbons (Fsp3) is 0.467. The average molecular weight is 660 g/mol. The first-order valence-electron chi connectivity index (χ1n) is 14.0. The summed E-state index contributed by atoms with van der Waals surface area (Å²) in [6, 6.07) is 4.83. The molecule has 0 spiro atoms. The van der Waals surface area contributed by atoms with Gasteiger partial charge in [0.2, 0.25) is 11.1 Å². The number of anilines is 3. The van der Waals surface area contributed by atoms with E-state index in [9.17, 15) is 44.7 Å². The summed E-state index contributed by atoms with van der Waals surface area (Å²) in [5, 5.41) is 13.0. The number of sulfonamides is 1. The molecule has 3 aliphatic rings. The first kappa shape index (κ1) is 32.6. The molecule has 0 saturated heterocycles. The second-order valence-corrected chi connectivity index (χ2v) is 14.6. The largest absolute Gasteiger partial charge is 0.516 e. The maximum Gasteiger partial charge on any atom is 0.516 e. The lowest BCUT2D eigenvalue weighted by Crippen LogP contribution is -2.36. The van der Waals surface area contributed by atoms with E-state index < -0.39 is 66.7 Å². The zero-order chi connectivity index (χ0) is 34.0. The zero-order valence-corrected chi connectivity index (χ0v) is 26.5. The SMILES string of the molecule is CC1N(C)c2cc(NS(=O)(=O)C(F)(F)F)c(C3=C(O)/C(=c4/cc5c(cc4NC(F)(F)F)=[N+](C)C(C)C5(C)C)C3=O)cc2C1(C)C. The summed E-state index contributed by atoms with van der Waals surface area (Å²) in [7, 11) is -2.55. The van der Waals surface area contributed by atoms with Crippen LogP contribution in [0.25, 0.3) is 11.1 Å². The van der Waals surface area contributed by atoms with Gasteiger partial charge in [-0.25, -0.2) is 4.58 Å². The highest BCUT2D eigenvalue weighted by Gasteiger charge is 2.49. The molecule has 0 radical (unpaired) electrons. The number of likely N-dealkylation sites (N-methyl/N-ethyl adjacent to an activating group) is 2. The molecule has 2 heterocycles. The highest BCUT2D eigenvalue weighted by molar-refractivity contribution is 7.93. The average Bonchev–Trinajstić information content (AvgIpc) is 3.16. The van der Waals surface area contributed by atoms with Gasteiger partial charge in [0.1, 0.15) is 12.8 Å². The number of allylic oxidation sites excluding steroid dienone is 2. The van der Waals surface area contributed by atoms with Gasteiger partial charge in [-0.05, 0) is 51.5 Å². The molecule has 2 unspecified atom stereocenters. The van der Waals surface area contributed by atoms with Crippen molar-refractivity contribution < 1.29 is 44.7 Å². The van der Waals surface area contributed by atoms with Gasteiger partial charge in [-0.2, -0.15) is 34.8 Å². The number of nitrogens with zero attached hydrogens (tertiary/aromatic N) is 2. The lowest BCUT2D eigenvalue weighted by Gasteiger charge is -2.29. The molecule has 3 N–H and O–H groups in total. The Hall–Kier alpha value is -3.75. The van der Waals surface area contributed by atoms with Crippen molar-refractivity contribution in [3.8, 4) is 0 Å². The Labute approximate surface area is 255 Å². The predicted molar refractivity (Wildman–Crippen MR) is 159 cm³/mol. The summed E-state index contributed by atoms with van der Waals surface area (Å²) < 4.78 is 109. The van der Waals surface area contributed by atoms with E-state index in [2.05, 4.69) is 0 Å². The Morgan fingerprint density at radius 1 is 0.911 bits per heavy atom. The fourth-order valence-corrected chi connectivity index (χ4v) is 7.06. The van der Waals surface area contributed by atoms with Crippen molar-refractivity contribution in [3.63, 3.8) is 0 Å². The summed E-state index contributed by atoms with van der Waals surface area (Å²) in [6.07, 6.45) is -4.91. The number of hydrogen-bond donors (Lipinski definition) is 3. The topological polar surface area (TPSA) is 102 Å². The molecule has 0 saturated carbocycles. The molecule has 2 atom stereocenters. The molecule has 2 aliphatic heterocycles. The number of aliphatic hydroxyl groups is 1. The zero-order valence-electron chi connectivity index (χ0n) is 25.7. The van der Waals surface area contributed by atoms with Crippen molar-refractivity contribution >= 4 is 44.0 Å². The highest BCUT2D eigenvalue weighted by atomic mass is 32.2. The molecule has 5 rings (SSSR count). The second-order valence-electron chi connectivity index (χ2n) is 12.9. The molecule has 0 aromatic heterocycles. The Kier molecular flexibility index (Phi) is 6.98. The van der Waals surface area contributed by atoms with Crippen LogP contribution in [0.4, 0.5) is 43.4 Å². The lowest BCUT2D eigenvalue weighted by molar-refractivity contribution is -0.110. The van der Waals surface area contributed by atoms with Crippen LogP contribution in [-0.2, 0) is 25.6 Å². The van der Waals surface area contributed by atoms with Crippen molar-refractivity contribution in [1.29, 1.82) is 0 Å².